The van der Waals surface area contributed by atoms with E-state index in [2.05, 4.69) is 5.32 Å². The number of unbranched alkanes of at least 4 members (excludes halogenated alkanes) is 2. The average Bonchev–Trinajstić information content (AvgIpc) is 2.37. The Hall–Kier alpha value is -1.59. The van der Waals surface area contributed by atoms with Crippen LogP contribution in [0, 0.1) is 0 Å². The minimum absolute atomic E-state index is 0.0671. The highest BCUT2D eigenvalue weighted by Gasteiger charge is 2.07. The molecule has 0 aliphatic heterocycles. The quantitative estimate of drug-likeness (QED) is 0.489. The van der Waals surface area contributed by atoms with Gasteiger partial charge in [0, 0.05) is 6.61 Å². The first-order valence-corrected chi connectivity index (χ1v) is 6.57. The summed E-state index contributed by atoms with van der Waals surface area (Å²) in [7, 11) is 1.91. The minimum atomic E-state index is -0.0671. The Morgan fingerprint density at radius 1 is 1.32 bits per heavy atom. The highest BCUT2D eigenvalue weighted by Crippen LogP contribution is 2.16. The first kappa shape index (κ1) is 15.5. The van der Waals surface area contributed by atoms with Crippen molar-refractivity contribution in [2.75, 3.05) is 37.8 Å². The van der Waals surface area contributed by atoms with Crippen LogP contribution in [0.1, 0.15) is 19.3 Å². The summed E-state index contributed by atoms with van der Waals surface area (Å²) in [6, 6.07) is 7.21. The van der Waals surface area contributed by atoms with Gasteiger partial charge in [-0.3, -0.25) is 9.69 Å². The Balaban J connectivity index is 2.29. The van der Waals surface area contributed by atoms with Gasteiger partial charge < -0.3 is 16.2 Å². The molecule has 1 aromatic rings. The molecule has 0 aliphatic rings. The van der Waals surface area contributed by atoms with Gasteiger partial charge in [0.15, 0.2) is 0 Å². The van der Waals surface area contributed by atoms with Crippen molar-refractivity contribution >= 4 is 17.3 Å². The standard InChI is InChI=1S/C14H23N3O2/c1-17(9-5-2-6-10-18)11-14(19)16-13-8-4-3-7-12(13)15/h3-4,7-8,18H,2,5-6,9-11,15H2,1H3,(H,16,19). The molecule has 0 fully saturated rings. The largest absolute Gasteiger partial charge is 0.397 e. The number of nitrogen functional groups attached to an aromatic ring is 1. The van der Waals surface area contributed by atoms with Crippen LogP contribution in [0.25, 0.3) is 0 Å². The third-order valence-electron chi connectivity index (χ3n) is 2.85. The fraction of sp³-hybridized carbons (Fsp3) is 0.500. The summed E-state index contributed by atoms with van der Waals surface area (Å²) in [6.07, 6.45) is 2.78. The SMILES string of the molecule is CN(CCCCCO)CC(=O)Nc1ccccc1N. The van der Waals surface area contributed by atoms with Gasteiger partial charge >= 0.3 is 0 Å². The monoisotopic (exact) mass is 265 g/mol. The highest BCUT2D eigenvalue weighted by molar-refractivity contribution is 5.95. The van der Waals surface area contributed by atoms with Gasteiger partial charge in [0.25, 0.3) is 0 Å². The number of aliphatic hydroxyl groups is 1. The zero-order valence-corrected chi connectivity index (χ0v) is 11.4. The lowest BCUT2D eigenvalue weighted by atomic mass is 10.2. The maximum atomic E-state index is 11.8. The van der Waals surface area contributed by atoms with Crippen molar-refractivity contribution < 1.29 is 9.90 Å². The molecule has 106 valence electrons. The maximum absolute atomic E-state index is 11.8. The van der Waals surface area contributed by atoms with E-state index in [1.54, 1.807) is 12.1 Å². The second-order valence-corrected chi connectivity index (χ2v) is 4.66. The summed E-state index contributed by atoms with van der Waals surface area (Å²) in [4.78, 5) is 13.8. The molecule has 0 aliphatic carbocycles. The molecule has 0 saturated carbocycles. The van der Waals surface area contributed by atoms with Crippen LogP contribution in [0.5, 0.6) is 0 Å². The smallest absolute Gasteiger partial charge is 0.238 e. The van der Waals surface area contributed by atoms with Crippen molar-refractivity contribution in [1.29, 1.82) is 0 Å². The molecule has 0 unspecified atom stereocenters. The predicted octanol–water partition coefficient (Wildman–Crippen LogP) is 1.30. The maximum Gasteiger partial charge on any atom is 0.238 e. The molecular weight excluding hydrogens is 242 g/mol. The lowest BCUT2D eigenvalue weighted by molar-refractivity contribution is -0.117. The summed E-state index contributed by atoms with van der Waals surface area (Å²) >= 11 is 0. The molecule has 4 N–H and O–H groups in total. The van der Waals surface area contributed by atoms with Crippen molar-refractivity contribution in [3.05, 3.63) is 24.3 Å². The lowest BCUT2D eigenvalue weighted by Crippen LogP contribution is -2.31. The number of rotatable bonds is 8. The third-order valence-corrected chi connectivity index (χ3v) is 2.85. The summed E-state index contributed by atoms with van der Waals surface area (Å²) in [5.74, 6) is -0.0671. The van der Waals surface area contributed by atoms with E-state index in [1.165, 1.54) is 0 Å². The number of aliphatic hydroxyl groups excluding tert-OH is 1. The Morgan fingerprint density at radius 2 is 2.05 bits per heavy atom. The van der Waals surface area contributed by atoms with Crippen LogP contribution < -0.4 is 11.1 Å². The van der Waals surface area contributed by atoms with Crippen LogP contribution in [-0.4, -0.2) is 42.7 Å². The van der Waals surface area contributed by atoms with E-state index in [0.29, 0.717) is 17.9 Å². The van der Waals surface area contributed by atoms with Crippen LogP contribution in [0.15, 0.2) is 24.3 Å². The molecule has 0 bridgehead atoms. The first-order valence-electron chi connectivity index (χ1n) is 6.57. The molecule has 0 radical (unpaired) electrons. The number of nitrogens with two attached hydrogens (primary N) is 1. The van der Waals surface area contributed by atoms with Gasteiger partial charge in [0.2, 0.25) is 5.91 Å². The number of hydrogen-bond acceptors (Lipinski definition) is 4. The zero-order chi connectivity index (χ0) is 14.1. The molecule has 19 heavy (non-hydrogen) atoms. The van der Waals surface area contributed by atoms with E-state index in [9.17, 15) is 4.79 Å². The van der Waals surface area contributed by atoms with E-state index in [4.69, 9.17) is 10.8 Å². The predicted molar refractivity (Wildman–Crippen MR) is 77.9 cm³/mol. The number of para-hydroxylation sites is 2. The summed E-state index contributed by atoms with van der Waals surface area (Å²) in [5, 5.41) is 11.5. The molecule has 5 nitrogen and oxygen atoms in total. The Bertz CT molecular complexity index is 396. The van der Waals surface area contributed by atoms with Crippen LogP contribution in [-0.2, 0) is 4.79 Å². The second kappa shape index (κ2) is 8.50. The van der Waals surface area contributed by atoms with Gasteiger partial charge in [-0.1, -0.05) is 12.1 Å². The van der Waals surface area contributed by atoms with Crippen molar-refractivity contribution in [3.8, 4) is 0 Å². The summed E-state index contributed by atoms with van der Waals surface area (Å²) < 4.78 is 0. The fourth-order valence-electron chi connectivity index (χ4n) is 1.80. The van der Waals surface area contributed by atoms with E-state index in [1.807, 2.05) is 24.1 Å². The Labute approximate surface area is 114 Å². The van der Waals surface area contributed by atoms with Gasteiger partial charge in [-0.25, -0.2) is 0 Å². The van der Waals surface area contributed by atoms with Crippen molar-refractivity contribution in [3.63, 3.8) is 0 Å². The normalized spacial score (nSPS) is 10.7. The number of amides is 1. The molecule has 1 aromatic carbocycles. The molecule has 1 amide bonds. The van der Waals surface area contributed by atoms with Crippen molar-refractivity contribution in [1.82, 2.24) is 4.90 Å². The second-order valence-electron chi connectivity index (χ2n) is 4.66. The molecule has 5 heteroatoms. The highest BCUT2D eigenvalue weighted by atomic mass is 16.2. The number of benzene rings is 1. The topological polar surface area (TPSA) is 78.6 Å². The van der Waals surface area contributed by atoms with Gasteiger partial charge in [-0.2, -0.15) is 0 Å². The number of nitrogens with zero attached hydrogens (tertiary/aromatic N) is 1. The van der Waals surface area contributed by atoms with Gasteiger partial charge in [0.1, 0.15) is 0 Å². The third kappa shape index (κ3) is 6.22. The van der Waals surface area contributed by atoms with Gasteiger partial charge in [-0.05, 0) is 45.0 Å². The Morgan fingerprint density at radius 3 is 2.74 bits per heavy atom. The van der Waals surface area contributed by atoms with E-state index in [0.717, 1.165) is 25.8 Å². The molecule has 0 saturated heterocycles. The molecule has 0 heterocycles. The number of likely N-dealkylation sites (N-methyl/N-ethyl adjacent to an activating group) is 1. The van der Waals surface area contributed by atoms with Crippen LogP contribution in [0.4, 0.5) is 11.4 Å². The number of nitrogens with one attached hydrogen (secondary N) is 1. The minimum Gasteiger partial charge on any atom is -0.397 e. The van der Waals surface area contributed by atoms with E-state index >= 15 is 0 Å². The first-order chi connectivity index (χ1) is 9.13. The molecule has 0 spiro atoms. The number of anilines is 2. The molecule has 0 aromatic heterocycles. The number of carbonyl (C=O) groups is 1. The van der Waals surface area contributed by atoms with Crippen molar-refractivity contribution in [2.45, 2.75) is 19.3 Å². The summed E-state index contributed by atoms with van der Waals surface area (Å²) in [6.45, 7) is 1.42. The van der Waals surface area contributed by atoms with Crippen molar-refractivity contribution in [2.24, 2.45) is 0 Å². The molecule has 0 atom stereocenters. The molecule has 1 rings (SSSR count). The summed E-state index contributed by atoms with van der Waals surface area (Å²) in [5.41, 5.74) is 6.99. The number of hydrogen-bond donors (Lipinski definition) is 3. The van der Waals surface area contributed by atoms with Gasteiger partial charge in [0.05, 0.1) is 17.9 Å². The van der Waals surface area contributed by atoms with E-state index in [-0.39, 0.29) is 12.5 Å². The zero-order valence-electron chi connectivity index (χ0n) is 11.4. The number of carbonyl (C=O) groups excluding carboxylic acids is 1. The fourth-order valence-corrected chi connectivity index (χ4v) is 1.80. The average molecular weight is 265 g/mol. The van der Waals surface area contributed by atoms with Crippen LogP contribution in [0.3, 0.4) is 0 Å². The Kier molecular flexibility index (Phi) is 6.92. The van der Waals surface area contributed by atoms with Crippen LogP contribution >= 0.6 is 0 Å². The van der Waals surface area contributed by atoms with Gasteiger partial charge in [-0.15, -0.1) is 0 Å². The lowest BCUT2D eigenvalue weighted by Gasteiger charge is -2.16. The van der Waals surface area contributed by atoms with Crippen LogP contribution in [0.2, 0.25) is 0 Å². The van der Waals surface area contributed by atoms with E-state index < -0.39 is 0 Å². The molecular formula is C14H23N3O2.